The van der Waals surface area contributed by atoms with Crippen LogP contribution in [-0.2, 0) is 6.54 Å². The summed E-state index contributed by atoms with van der Waals surface area (Å²) in [5.41, 5.74) is 7.72. The van der Waals surface area contributed by atoms with Gasteiger partial charge in [0.2, 0.25) is 0 Å². The van der Waals surface area contributed by atoms with Crippen LogP contribution in [0.15, 0.2) is 0 Å². The van der Waals surface area contributed by atoms with Crippen LogP contribution in [0.4, 0.5) is 11.5 Å². The zero-order valence-corrected chi connectivity index (χ0v) is 11.0. The van der Waals surface area contributed by atoms with E-state index in [0.717, 1.165) is 30.2 Å². The molecule has 0 aliphatic rings. The van der Waals surface area contributed by atoms with Crippen molar-refractivity contribution in [1.82, 2.24) is 9.78 Å². The maximum Gasteiger partial charge on any atom is 0.148 e. The molecule has 16 heavy (non-hydrogen) atoms. The fourth-order valence-electron chi connectivity index (χ4n) is 1.50. The summed E-state index contributed by atoms with van der Waals surface area (Å²) in [6.07, 6.45) is 1.06. The first-order valence-electron chi connectivity index (χ1n) is 6.06. The van der Waals surface area contributed by atoms with E-state index in [0.29, 0.717) is 12.0 Å². The average Bonchev–Trinajstić information content (AvgIpc) is 2.46. The molecule has 1 aromatic rings. The van der Waals surface area contributed by atoms with Gasteiger partial charge in [0.05, 0.1) is 11.4 Å². The number of anilines is 2. The predicted octanol–water partition coefficient (Wildman–Crippen LogP) is 2.64. The minimum absolute atomic E-state index is 0.397. The van der Waals surface area contributed by atoms with Gasteiger partial charge in [-0.3, -0.25) is 0 Å². The monoisotopic (exact) mass is 224 g/mol. The molecule has 0 aliphatic heterocycles. The normalized spacial score (nSPS) is 13.1. The highest BCUT2D eigenvalue weighted by molar-refractivity contribution is 5.65. The van der Waals surface area contributed by atoms with Gasteiger partial charge in [0.15, 0.2) is 0 Å². The van der Waals surface area contributed by atoms with Crippen molar-refractivity contribution < 1.29 is 0 Å². The molecule has 0 saturated heterocycles. The van der Waals surface area contributed by atoms with E-state index >= 15 is 0 Å². The summed E-state index contributed by atoms with van der Waals surface area (Å²) >= 11 is 0. The highest BCUT2D eigenvalue weighted by Gasteiger charge is 2.15. The number of rotatable bonds is 5. The van der Waals surface area contributed by atoms with E-state index in [-0.39, 0.29) is 0 Å². The Morgan fingerprint density at radius 1 is 1.38 bits per heavy atom. The summed E-state index contributed by atoms with van der Waals surface area (Å²) in [5.74, 6) is 1.55. The Kier molecular flexibility index (Phi) is 4.21. The lowest BCUT2D eigenvalue weighted by atomic mass is 10.1. The topological polar surface area (TPSA) is 55.9 Å². The van der Waals surface area contributed by atoms with Gasteiger partial charge in [-0.25, -0.2) is 4.68 Å². The fraction of sp³-hybridized carbons (Fsp3) is 0.750. The zero-order chi connectivity index (χ0) is 12.3. The maximum absolute atomic E-state index is 6.04. The summed E-state index contributed by atoms with van der Waals surface area (Å²) in [5, 5.41) is 7.90. The van der Waals surface area contributed by atoms with Gasteiger partial charge in [0.25, 0.3) is 0 Å². The van der Waals surface area contributed by atoms with Crippen molar-refractivity contribution in [3.63, 3.8) is 0 Å². The van der Waals surface area contributed by atoms with Gasteiger partial charge in [0, 0.05) is 12.6 Å². The Morgan fingerprint density at radius 2 is 2.00 bits per heavy atom. The molecule has 0 radical (unpaired) electrons. The van der Waals surface area contributed by atoms with E-state index in [9.17, 15) is 0 Å². The van der Waals surface area contributed by atoms with E-state index in [2.05, 4.69) is 38.1 Å². The molecule has 0 saturated carbocycles. The molecule has 1 heterocycles. The number of nitrogens with two attached hydrogens (primary N) is 1. The molecule has 0 amide bonds. The minimum Gasteiger partial charge on any atom is -0.394 e. The molecular weight excluding hydrogens is 200 g/mol. The predicted molar refractivity (Wildman–Crippen MR) is 69.6 cm³/mol. The molecule has 0 aromatic carbocycles. The Hall–Kier alpha value is -1.19. The highest BCUT2D eigenvalue weighted by atomic mass is 15.3. The van der Waals surface area contributed by atoms with Crippen LogP contribution in [-0.4, -0.2) is 15.8 Å². The first kappa shape index (κ1) is 12.9. The lowest BCUT2D eigenvalue weighted by molar-refractivity contribution is 0.542. The van der Waals surface area contributed by atoms with Crippen LogP contribution < -0.4 is 11.1 Å². The molecule has 3 N–H and O–H groups in total. The third-order valence-electron chi connectivity index (χ3n) is 2.97. The van der Waals surface area contributed by atoms with Crippen molar-refractivity contribution in [1.29, 1.82) is 0 Å². The Bertz CT molecular complexity index is 341. The van der Waals surface area contributed by atoms with Crippen LogP contribution in [0.1, 0.15) is 39.8 Å². The van der Waals surface area contributed by atoms with Crippen LogP contribution in [0.2, 0.25) is 0 Å². The standard InChI is InChI=1S/C12H24N4/c1-6-7-16-12(11(13)10(5)15-16)14-9(4)8(2)3/h8-9,14H,6-7,13H2,1-5H3. The van der Waals surface area contributed by atoms with Gasteiger partial charge >= 0.3 is 0 Å². The minimum atomic E-state index is 0.397. The summed E-state index contributed by atoms with van der Waals surface area (Å²) < 4.78 is 1.98. The highest BCUT2D eigenvalue weighted by Crippen LogP contribution is 2.24. The lowest BCUT2D eigenvalue weighted by Crippen LogP contribution is -2.24. The summed E-state index contributed by atoms with van der Waals surface area (Å²) in [6.45, 7) is 11.6. The first-order valence-corrected chi connectivity index (χ1v) is 6.06. The fourth-order valence-corrected chi connectivity index (χ4v) is 1.50. The van der Waals surface area contributed by atoms with Crippen LogP contribution in [0.3, 0.4) is 0 Å². The average molecular weight is 224 g/mol. The molecule has 1 aromatic heterocycles. The second-order valence-electron chi connectivity index (χ2n) is 4.75. The molecule has 0 bridgehead atoms. The van der Waals surface area contributed by atoms with Crippen molar-refractivity contribution in [3.8, 4) is 0 Å². The van der Waals surface area contributed by atoms with E-state index in [1.54, 1.807) is 0 Å². The third kappa shape index (κ3) is 2.68. The van der Waals surface area contributed by atoms with Crippen molar-refractivity contribution in [3.05, 3.63) is 5.69 Å². The smallest absolute Gasteiger partial charge is 0.148 e. The van der Waals surface area contributed by atoms with Crippen molar-refractivity contribution in [2.75, 3.05) is 11.1 Å². The molecule has 92 valence electrons. The number of aromatic nitrogens is 2. The second kappa shape index (κ2) is 5.23. The maximum atomic E-state index is 6.04. The number of nitrogen functional groups attached to an aromatic ring is 1. The number of nitrogens with one attached hydrogen (secondary N) is 1. The van der Waals surface area contributed by atoms with Crippen LogP contribution in [0.25, 0.3) is 0 Å². The quantitative estimate of drug-likeness (QED) is 0.808. The second-order valence-corrected chi connectivity index (χ2v) is 4.75. The molecular formula is C12H24N4. The molecule has 4 nitrogen and oxygen atoms in total. The van der Waals surface area contributed by atoms with Gasteiger partial charge in [0.1, 0.15) is 5.82 Å². The van der Waals surface area contributed by atoms with E-state index in [1.165, 1.54) is 0 Å². The van der Waals surface area contributed by atoms with Gasteiger partial charge < -0.3 is 11.1 Å². The van der Waals surface area contributed by atoms with Gasteiger partial charge in [-0.1, -0.05) is 20.8 Å². The van der Waals surface area contributed by atoms with Gasteiger partial charge in [-0.2, -0.15) is 5.10 Å². The van der Waals surface area contributed by atoms with Crippen molar-refractivity contribution >= 4 is 11.5 Å². The third-order valence-corrected chi connectivity index (χ3v) is 2.97. The number of nitrogens with zero attached hydrogens (tertiary/aromatic N) is 2. The molecule has 1 atom stereocenters. The summed E-state index contributed by atoms with van der Waals surface area (Å²) in [4.78, 5) is 0. The zero-order valence-electron chi connectivity index (χ0n) is 11.0. The molecule has 0 spiro atoms. The van der Waals surface area contributed by atoms with Crippen LogP contribution >= 0.6 is 0 Å². The van der Waals surface area contributed by atoms with E-state index < -0.39 is 0 Å². The number of hydrogen-bond acceptors (Lipinski definition) is 3. The summed E-state index contributed by atoms with van der Waals surface area (Å²) in [7, 11) is 0. The lowest BCUT2D eigenvalue weighted by Gasteiger charge is -2.20. The van der Waals surface area contributed by atoms with Crippen molar-refractivity contribution in [2.24, 2.45) is 5.92 Å². The Balaban J connectivity index is 2.92. The number of hydrogen-bond donors (Lipinski definition) is 2. The SMILES string of the molecule is CCCn1nc(C)c(N)c1NC(C)C(C)C. The molecule has 1 unspecified atom stereocenters. The van der Waals surface area contributed by atoms with Gasteiger partial charge in [-0.05, 0) is 26.2 Å². The van der Waals surface area contributed by atoms with Crippen LogP contribution in [0, 0.1) is 12.8 Å². The van der Waals surface area contributed by atoms with Crippen LogP contribution in [0.5, 0.6) is 0 Å². The van der Waals surface area contributed by atoms with Gasteiger partial charge in [-0.15, -0.1) is 0 Å². The van der Waals surface area contributed by atoms with Crippen molar-refractivity contribution in [2.45, 2.75) is 53.6 Å². The molecule has 4 heteroatoms. The van der Waals surface area contributed by atoms with E-state index in [1.807, 2.05) is 11.6 Å². The van der Waals surface area contributed by atoms with E-state index in [4.69, 9.17) is 5.73 Å². The molecule has 1 rings (SSSR count). The first-order chi connectivity index (χ1) is 7.47. The largest absolute Gasteiger partial charge is 0.394 e. The molecule has 0 fully saturated rings. The number of aryl methyl sites for hydroxylation is 2. The Labute approximate surface area is 98.2 Å². The Morgan fingerprint density at radius 3 is 2.50 bits per heavy atom. The molecule has 0 aliphatic carbocycles. The summed E-state index contributed by atoms with van der Waals surface area (Å²) in [6, 6.07) is 0.397.